The minimum Gasteiger partial charge on any atom is -0.481 e. The molecule has 0 rings (SSSR count). The molecule has 0 saturated heterocycles. The van der Waals surface area contributed by atoms with E-state index in [0.29, 0.717) is 13.0 Å². The smallest absolute Gasteiger partial charge is 0.303 e. The number of carboxylic acids is 1. The molecule has 0 spiro atoms. The van der Waals surface area contributed by atoms with E-state index in [1.807, 2.05) is 6.92 Å². The summed E-state index contributed by atoms with van der Waals surface area (Å²) in [6, 6.07) is 0. The molecular formula is C7H17NO3Pd. The number of hydrogen-bond donors (Lipinski definition) is 3. The summed E-state index contributed by atoms with van der Waals surface area (Å²) in [7, 11) is 0. The number of unbranched alkanes of at least 4 members (excludes halogenated alkanes) is 1. The van der Waals surface area contributed by atoms with Gasteiger partial charge in [0.25, 0.3) is 0 Å². The van der Waals surface area contributed by atoms with Gasteiger partial charge in [-0.2, -0.15) is 0 Å². The average molecular weight is 270 g/mol. The van der Waals surface area contributed by atoms with Crippen LogP contribution in [0.3, 0.4) is 0 Å². The normalized spacial score (nSPS) is 7.58. The fraction of sp³-hybridized carbons (Fsp3) is 0.857. The Labute approximate surface area is 86.8 Å². The number of carboxylic acid groups (broad SMARTS) is 1. The molecular weight excluding hydrogens is 253 g/mol. The van der Waals surface area contributed by atoms with E-state index in [9.17, 15) is 4.79 Å². The fourth-order valence-electron chi connectivity index (χ4n) is 0.328. The zero-order valence-electron chi connectivity index (χ0n) is 7.23. The number of aliphatic carboxylic acids is 1. The van der Waals surface area contributed by atoms with Crippen LogP contribution in [0.5, 0.6) is 0 Å². The Morgan fingerprint density at radius 3 is 2.00 bits per heavy atom. The quantitative estimate of drug-likeness (QED) is 0.637. The number of hydrogen-bond acceptors (Lipinski definition) is 3. The van der Waals surface area contributed by atoms with Crippen LogP contribution >= 0.6 is 0 Å². The summed E-state index contributed by atoms with van der Waals surface area (Å²) >= 11 is 0. The SMILES string of the molecule is CCCCC(=O)O.NCCO.[Pd]. The summed E-state index contributed by atoms with van der Waals surface area (Å²) < 4.78 is 0. The second-order valence-corrected chi connectivity index (χ2v) is 2.01. The molecule has 0 saturated carbocycles. The summed E-state index contributed by atoms with van der Waals surface area (Å²) in [6.07, 6.45) is 2.08. The molecule has 4 nitrogen and oxygen atoms in total. The first-order valence-corrected chi connectivity index (χ1v) is 3.71. The van der Waals surface area contributed by atoms with E-state index in [-0.39, 0.29) is 27.0 Å². The molecule has 0 aromatic heterocycles. The Bertz CT molecular complexity index is 88.7. The van der Waals surface area contributed by atoms with Gasteiger partial charge in [-0.1, -0.05) is 13.3 Å². The van der Waals surface area contributed by atoms with Crippen molar-refractivity contribution in [3.05, 3.63) is 0 Å². The summed E-state index contributed by atoms with van der Waals surface area (Å²) in [6.45, 7) is 2.45. The van der Waals surface area contributed by atoms with Gasteiger partial charge in [-0.25, -0.2) is 0 Å². The summed E-state index contributed by atoms with van der Waals surface area (Å²) in [5.74, 6) is -0.693. The molecule has 0 atom stereocenters. The van der Waals surface area contributed by atoms with Crippen molar-refractivity contribution < 1.29 is 35.4 Å². The zero-order chi connectivity index (χ0) is 9.11. The van der Waals surface area contributed by atoms with Gasteiger partial charge in [0.15, 0.2) is 0 Å². The first kappa shape index (κ1) is 18.0. The third-order valence-corrected chi connectivity index (χ3v) is 0.873. The van der Waals surface area contributed by atoms with E-state index in [0.717, 1.165) is 12.8 Å². The number of aliphatic hydroxyl groups is 1. The van der Waals surface area contributed by atoms with Gasteiger partial charge in [0, 0.05) is 33.4 Å². The van der Waals surface area contributed by atoms with E-state index >= 15 is 0 Å². The van der Waals surface area contributed by atoms with Crippen LogP contribution in [0.1, 0.15) is 26.2 Å². The molecule has 0 bridgehead atoms. The van der Waals surface area contributed by atoms with Crippen molar-refractivity contribution in [3.8, 4) is 0 Å². The van der Waals surface area contributed by atoms with Gasteiger partial charge in [-0.3, -0.25) is 4.79 Å². The minimum absolute atomic E-state index is 0. The Balaban J connectivity index is -0.000000142. The summed E-state index contributed by atoms with van der Waals surface area (Å²) in [4.78, 5) is 9.76. The second kappa shape index (κ2) is 17.2. The van der Waals surface area contributed by atoms with Crippen LogP contribution in [-0.4, -0.2) is 29.3 Å². The van der Waals surface area contributed by atoms with E-state index in [2.05, 4.69) is 0 Å². The van der Waals surface area contributed by atoms with Crippen LogP contribution < -0.4 is 5.73 Å². The van der Waals surface area contributed by atoms with Gasteiger partial charge in [0.1, 0.15) is 0 Å². The third kappa shape index (κ3) is 32.3. The molecule has 0 aliphatic carbocycles. The van der Waals surface area contributed by atoms with Gasteiger partial charge in [-0.15, -0.1) is 0 Å². The fourth-order valence-corrected chi connectivity index (χ4v) is 0.328. The molecule has 0 fully saturated rings. The van der Waals surface area contributed by atoms with E-state index < -0.39 is 5.97 Å². The van der Waals surface area contributed by atoms with Gasteiger partial charge in [0.2, 0.25) is 0 Å². The van der Waals surface area contributed by atoms with Crippen LogP contribution in [0, 0.1) is 0 Å². The maximum absolute atomic E-state index is 9.76. The van der Waals surface area contributed by atoms with Gasteiger partial charge >= 0.3 is 5.97 Å². The maximum Gasteiger partial charge on any atom is 0.303 e. The molecule has 0 aliphatic rings. The Kier molecular flexibility index (Phi) is 25.8. The minimum atomic E-state index is -0.693. The van der Waals surface area contributed by atoms with E-state index in [1.54, 1.807) is 0 Å². The topological polar surface area (TPSA) is 83.5 Å². The van der Waals surface area contributed by atoms with Crippen molar-refractivity contribution in [2.45, 2.75) is 26.2 Å². The maximum atomic E-state index is 9.76. The molecule has 0 radical (unpaired) electrons. The molecule has 78 valence electrons. The zero-order valence-corrected chi connectivity index (χ0v) is 8.79. The Morgan fingerprint density at radius 2 is 1.92 bits per heavy atom. The summed E-state index contributed by atoms with van der Waals surface area (Å²) in [5.41, 5.74) is 4.78. The van der Waals surface area contributed by atoms with Crippen LogP contribution in [0.2, 0.25) is 0 Å². The molecule has 0 amide bonds. The molecule has 0 aliphatic heterocycles. The number of carbonyl (C=O) groups is 1. The number of nitrogens with two attached hydrogens (primary N) is 1. The van der Waals surface area contributed by atoms with E-state index in [1.165, 1.54) is 0 Å². The van der Waals surface area contributed by atoms with Crippen molar-refractivity contribution in [2.75, 3.05) is 13.2 Å². The monoisotopic (exact) mass is 269 g/mol. The third-order valence-electron chi connectivity index (χ3n) is 0.873. The molecule has 0 aromatic carbocycles. The predicted octanol–water partition coefficient (Wildman–Crippen LogP) is 0.196. The van der Waals surface area contributed by atoms with Crippen LogP contribution in [0.25, 0.3) is 0 Å². The van der Waals surface area contributed by atoms with Crippen molar-refractivity contribution >= 4 is 5.97 Å². The van der Waals surface area contributed by atoms with Crippen molar-refractivity contribution in [2.24, 2.45) is 5.73 Å². The standard InChI is InChI=1S/C5H10O2.C2H7NO.Pd/c1-2-3-4-5(6)7;3-1-2-4;/h2-4H2,1H3,(H,6,7);4H,1-3H2;. The van der Waals surface area contributed by atoms with Crippen molar-refractivity contribution in [1.82, 2.24) is 0 Å². The molecule has 0 aromatic rings. The first-order chi connectivity index (χ1) is 5.18. The van der Waals surface area contributed by atoms with Crippen LogP contribution in [-0.2, 0) is 25.2 Å². The van der Waals surface area contributed by atoms with Gasteiger partial charge < -0.3 is 15.9 Å². The second-order valence-electron chi connectivity index (χ2n) is 2.01. The number of rotatable bonds is 4. The van der Waals surface area contributed by atoms with Crippen LogP contribution in [0.15, 0.2) is 0 Å². The number of aliphatic hydroxyl groups excluding tert-OH is 1. The van der Waals surface area contributed by atoms with Crippen molar-refractivity contribution in [3.63, 3.8) is 0 Å². The van der Waals surface area contributed by atoms with Gasteiger partial charge in [-0.05, 0) is 6.42 Å². The molecule has 0 unspecified atom stereocenters. The Morgan fingerprint density at radius 1 is 1.50 bits per heavy atom. The van der Waals surface area contributed by atoms with E-state index in [4.69, 9.17) is 15.9 Å². The molecule has 12 heavy (non-hydrogen) atoms. The largest absolute Gasteiger partial charge is 0.481 e. The molecule has 5 heteroatoms. The average Bonchev–Trinajstić information content (AvgIpc) is 2.01. The Hall–Kier alpha value is 0.0523. The molecule has 0 heterocycles. The first-order valence-electron chi connectivity index (χ1n) is 3.71. The van der Waals surface area contributed by atoms with Gasteiger partial charge in [0.05, 0.1) is 6.61 Å². The van der Waals surface area contributed by atoms with Crippen molar-refractivity contribution in [1.29, 1.82) is 0 Å². The van der Waals surface area contributed by atoms with Crippen LogP contribution in [0.4, 0.5) is 0 Å². The summed E-state index contributed by atoms with van der Waals surface area (Å²) in [5, 5.41) is 15.8. The predicted molar refractivity (Wildman–Crippen MR) is 43.3 cm³/mol. The molecule has 4 N–H and O–H groups in total.